The number of carbonyl (C=O) groups is 4. The molecule has 0 aromatic carbocycles. The molecule has 3 heterocycles. The molecule has 40 heavy (non-hydrogen) atoms. The number of nitrogens with two attached hydrogens (primary N) is 1. The molecule has 4 atom stereocenters. The molecule has 5 rings (SSSR count). The standard InChI is InChI=1S/C29H40N6O5/c1-27(2,3)21(33-26-34-23-19(40-26)10-7-11-31-23)25(39)35-15-29(14-28(29,4)5)13-18(35)24(38)32-17(20(36)22(30)37)12-16-8-6-9-16/h7,10-11,16-18,21H,6,8-9,12-15H2,1-5H3,(H2,30,37)(H,32,38)(H,31,33,34)/t17?,18?,21-,29-/m0/s1. The molecule has 2 aromatic heterocycles. The maximum absolute atomic E-state index is 14.3. The van der Waals surface area contributed by atoms with Gasteiger partial charge in [-0.05, 0) is 53.6 Å². The highest BCUT2D eigenvalue weighted by Crippen LogP contribution is 2.69. The number of hydrogen-bond donors (Lipinski definition) is 3. The summed E-state index contributed by atoms with van der Waals surface area (Å²) < 4.78 is 5.81. The van der Waals surface area contributed by atoms with Crippen molar-refractivity contribution < 1.29 is 23.6 Å². The number of oxazole rings is 1. The van der Waals surface area contributed by atoms with Crippen molar-refractivity contribution in [2.75, 3.05) is 11.9 Å². The van der Waals surface area contributed by atoms with Crippen molar-refractivity contribution in [1.29, 1.82) is 0 Å². The minimum absolute atomic E-state index is 0.0223. The van der Waals surface area contributed by atoms with E-state index in [1.54, 1.807) is 23.2 Å². The zero-order valence-electron chi connectivity index (χ0n) is 24.0. The summed E-state index contributed by atoms with van der Waals surface area (Å²) in [5, 5.41) is 5.99. The van der Waals surface area contributed by atoms with Crippen LogP contribution in [0.2, 0.25) is 0 Å². The minimum Gasteiger partial charge on any atom is -0.422 e. The first-order valence-electron chi connectivity index (χ1n) is 14.1. The molecule has 216 valence electrons. The van der Waals surface area contributed by atoms with Crippen LogP contribution in [0, 0.1) is 22.2 Å². The number of amides is 3. The van der Waals surface area contributed by atoms with Gasteiger partial charge < -0.3 is 25.7 Å². The lowest BCUT2D eigenvalue weighted by molar-refractivity contribution is -0.142. The second kappa shape index (κ2) is 9.85. The molecule has 11 heteroatoms. The summed E-state index contributed by atoms with van der Waals surface area (Å²) in [4.78, 5) is 62.7. The molecule has 2 unspecified atom stereocenters. The highest BCUT2D eigenvalue weighted by molar-refractivity contribution is 6.37. The van der Waals surface area contributed by atoms with Gasteiger partial charge in [0, 0.05) is 12.7 Å². The Hall–Kier alpha value is -3.50. The Labute approximate surface area is 234 Å². The van der Waals surface area contributed by atoms with E-state index >= 15 is 0 Å². The van der Waals surface area contributed by atoms with Crippen molar-refractivity contribution in [3.8, 4) is 0 Å². The van der Waals surface area contributed by atoms with Gasteiger partial charge in [-0.2, -0.15) is 4.98 Å². The summed E-state index contributed by atoms with van der Waals surface area (Å²) in [6.07, 6.45) is 6.35. The molecular weight excluding hydrogens is 512 g/mol. The third-order valence-corrected chi connectivity index (χ3v) is 9.33. The molecule has 2 saturated carbocycles. The molecule has 11 nitrogen and oxygen atoms in total. The van der Waals surface area contributed by atoms with Crippen molar-refractivity contribution in [2.45, 2.75) is 91.3 Å². The molecule has 1 saturated heterocycles. The highest BCUT2D eigenvalue weighted by atomic mass is 16.4. The van der Waals surface area contributed by atoms with Crippen LogP contribution in [0.25, 0.3) is 11.2 Å². The summed E-state index contributed by atoms with van der Waals surface area (Å²) in [6.45, 7) is 10.5. The molecule has 1 spiro atoms. The first kappa shape index (κ1) is 28.0. The van der Waals surface area contributed by atoms with E-state index in [-0.39, 0.29) is 28.7 Å². The number of anilines is 1. The lowest BCUT2D eigenvalue weighted by Crippen LogP contribution is -2.57. The lowest BCUT2D eigenvalue weighted by Gasteiger charge is -2.35. The molecule has 0 radical (unpaired) electrons. The van der Waals surface area contributed by atoms with Crippen LogP contribution in [0.1, 0.15) is 73.1 Å². The Kier molecular flexibility index (Phi) is 6.90. The average Bonchev–Trinajstić information content (AvgIpc) is 3.18. The zero-order chi connectivity index (χ0) is 29.0. The summed E-state index contributed by atoms with van der Waals surface area (Å²) in [5.41, 5.74) is 5.48. The van der Waals surface area contributed by atoms with Gasteiger partial charge in [0.05, 0.1) is 6.04 Å². The Morgan fingerprint density at radius 2 is 1.93 bits per heavy atom. The molecular formula is C29H40N6O5. The largest absolute Gasteiger partial charge is 0.422 e. The van der Waals surface area contributed by atoms with E-state index < -0.39 is 41.1 Å². The number of hydrogen-bond acceptors (Lipinski definition) is 8. The fraction of sp³-hybridized carbons (Fsp3) is 0.655. The van der Waals surface area contributed by atoms with Crippen LogP contribution in [0.15, 0.2) is 22.7 Å². The summed E-state index contributed by atoms with van der Waals surface area (Å²) in [5.74, 6) is -2.27. The SMILES string of the molecule is CC(C)(C)[C@@H](Nc1nc2ncccc2o1)C(=O)N1C[C@]2(CC1C(=O)NC(CC1CCC1)C(=O)C(N)=O)CC2(C)C. The summed E-state index contributed by atoms with van der Waals surface area (Å²) >= 11 is 0. The Morgan fingerprint density at radius 3 is 2.48 bits per heavy atom. The topological polar surface area (TPSA) is 161 Å². The van der Waals surface area contributed by atoms with Gasteiger partial charge in [0.25, 0.3) is 11.9 Å². The van der Waals surface area contributed by atoms with E-state index in [9.17, 15) is 19.2 Å². The van der Waals surface area contributed by atoms with Crippen LogP contribution >= 0.6 is 0 Å². The predicted octanol–water partition coefficient (Wildman–Crippen LogP) is 2.80. The molecule has 4 N–H and O–H groups in total. The van der Waals surface area contributed by atoms with E-state index in [2.05, 4.69) is 34.4 Å². The Bertz CT molecular complexity index is 1310. The summed E-state index contributed by atoms with van der Waals surface area (Å²) in [7, 11) is 0. The van der Waals surface area contributed by atoms with Crippen LogP contribution in [0.3, 0.4) is 0 Å². The maximum atomic E-state index is 14.3. The third-order valence-electron chi connectivity index (χ3n) is 9.33. The molecule has 2 aliphatic carbocycles. The number of ketones is 1. The van der Waals surface area contributed by atoms with Gasteiger partial charge in [-0.25, -0.2) is 4.98 Å². The van der Waals surface area contributed by atoms with Crippen molar-refractivity contribution in [1.82, 2.24) is 20.2 Å². The third kappa shape index (κ3) is 5.17. The Balaban J connectivity index is 1.40. The van der Waals surface area contributed by atoms with Gasteiger partial charge in [-0.3, -0.25) is 19.2 Å². The number of rotatable bonds is 9. The molecule has 3 amide bonds. The quantitative estimate of drug-likeness (QED) is 0.400. The van der Waals surface area contributed by atoms with Gasteiger partial charge >= 0.3 is 0 Å². The zero-order valence-corrected chi connectivity index (χ0v) is 24.0. The van der Waals surface area contributed by atoms with Crippen LogP contribution < -0.4 is 16.4 Å². The number of primary amides is 1. The van der Waals surface area contributed by atoms with Crippen LogP contribution in [0.4, 0.5) is 6.01 Å². The van der Waals surface area contributed by atoms with Crippen LogP contribution in [0.5, 0.6) is 0 Å². The average molecular weight is 553 g/mol. The molecule has 3 fully saturated rings. The van der Waals surface area contributed by atoms with Gasteiger partial charge in [0.15, 0.2) is 5.58 Å². The number of pyridine rings is 1. The number of fused-ring (bicyclic) bond motifs is 1. The van der Waals surface area contributed by atoms with Crippen molar-refractivity contribution >= 4 is 40.7 Å². The highest BCUT2D eigenvalue weighted by Gasteiger charge is 2.67. The van der Waals surface area contributed by atoms with Crippen molar-refractivity contribution in [3.05, 3.63) is 18.3 Å². The predicted molar refractivity (Wildman–Crippen MR) is 148 cm³/mol. The molecule has 1 aliphatic heterocycles. The van der Waals surface area contributed by atoms with E-state index in [0.717, 1.165) is 25.7 Å². The molecule has 3 aliphatic rings. The first-order valence-corrected chi connectivity index (χ1v) is 14.1. The first-order chi connectivity index (χ1) is 18.7. The Morgan fingerprint density at radius 1 is 1.23 bits per heavy atom. The van der Waals surface area contributed by atoms with Crippen LogP contribution in [-0.2, 0) is 19.2 Å². The van der Waals surface area contributed by atoms with Gasteiger partial charge in [-0.15, -0.1) is 0 Å². The lowest BCUT2D eigenvalue weighted by atomic mass is 9.80. The monoisotopic (exact) mass is 552 g/mol. The number of likely N-dealkylation sites (tertiary alicyclic amines) is 1. The second-order valence-electron chi connectivity index (χ2n) is 13.6. The van der Waals surface area contributed by atoms with Crippen molar-refractivity contribution in [3.63, 3.8) is 0 Å². The maximum Gasteiger partial charge on any atom is 0.297 e. The van der Waals surface area contributed by atoms with Gasteiger partial charge in [-0.1, -0.05) is 53.9 Å². The number of nitrogens with zero attached hydrogens (tertiary/aromatic N) is 3. The van der Waals surface area contributed by atoms with E-state index in [0.29, 0.717) is 30.6 Å². The van der Waals surface area contributed by atoms with Gasteiger partial charge in [0.2, 0.25) is 23.2 Å². The normalized spacial score (nSPS) is 25.3. The second-order valence-corrected chi connectivity index (χ2v) is 13.6. The fourth-order valence-corrected chi connectivity index (χ4v) is 6.37. The minimum atomic E-state index is -1.06. The number of nitrogens with one attached hydrogen (secondary N) is 2. The number of carbonyl (C=O) groups excluding carboxylic acids is 4. The van der Waals surface area contributed by atoms with E-state index in [4.69, 9.17) is 10.2 Å². The number of Topliss-reactive ketones (excluding diaryl/α,β-unsaturated/α-hetero) is 1. The van der Waals surface area contributed by atoms with E-state index in [1.165, 1.54) is 0 Å². The van der Waals surface area contributed by atoms with Crippen molar-refractivity contribution in [2.24, 2.45) is 27.9 Å². The van der Waals surface area contributed by atoms with E-state index in [1.807, 2.05) is 20.8 Å². The summed E-state index contributed by atoms with van der Waals surface area (Å²) in [6, 6.07) is 1.15. The smallest absolute Gasteiger partial charge is 0.297 e. The fourth-order valence-electron chi connectivity index (χ4n) is 6.37. The number of aromatic nitrogens is 2. The van der Waals surface area contributed by atoms with Crippen LogP contribution in [-0.4, -0.2) is 63.0 Å². The van der Waals surface area contributed by atoms with Gasteiger partial charge in [0.1, 0.15) is 12.1 Å². The molecule has 0 bridgehead atoms. The molecule has 2 aromatic rings.